The van der Waals surface area contributed by atoms with Crippen LogP contribution in [0, 0.1) is 0 Å². The van der Waals surface area contributed by atoms with E-state index < -0.39 is 42.4 Å². The van der Waals surface area contributed by atoms with Crippen LogP contribution in [-0.4, -0.2) is 18.9 Å². The van der Waals surface area contributed by atoms with Crippen molar-refractivity contribution in [2.75, 3.05) is 6.61 Å². The van der Waals surface area contributed by atoms with Gasteiger partial charge >= 0.3 is 12.4 Å². The molecule has 3 atom stereocenters. The molecule has 1 aliphatic rings. The second kappa shape index (κ2) is 8.33. The zero-order chi connectivity index (χ0) is 21.2. The first kappa shape index (κ1) is 21.6. The van der Waals surface area contributed by atoms with Crippen LogP contribution < -0.4 is 5.32 Å². The molecule has 1 aliphatic heterocycles. The highest BCUT2D eigenvalue weighted by atomic mass is 19.4. The Kier molecular flexibility index (Phi) is 6.21. The van der Waals surface area contributed by atoms with E-state index in [1.54, 1.807) is 0 Å². The lowest BCUT2D eigenvalue weighted by atomic mass is 10.0. The standard InChI is InChI=1S/C20H19F6NO2/c1-12-10-28-18(17(27-12)14-5-3-2-4-6-14)29-11-13-7-15(19(21,22)23)9-16(8-13)20(24,25)26/h2-9,12,17-18,27H,10-11H2,1H3/t12-,17-,18-/m0/s1. The number of nitrogens with one attached hydrogen (secondary N) is 1. The Bertz CT molecular complexity index is 790. The molecule has 29 heavy (non-hydrogen) atoms. The summed E-state index contributed by atoms with van der Waals surface area (Å²) in [5.74, 6) is 0. The second-order valence-corrected chi connectivity index (χ2v) is 6.88. The highest BCUT2D eigenvalue weighted by Crippen LogP contribution is 2.36. The number of benzene rings is 2. The molecular weight excluding hydrogens is 400 g/mol. The predicted octanol–water partition coefficient (Wildman–Crippen LogP) is 5.32. The summed E-state index contributed by atoms with van der Waals surface area (Å²) in [6.45, 7) is 1.73. The van der Waals surface area contributed by atoms with E-state index in [4.69, 9.17) is 9.47 Å². The van der Waals surface area contributed by atoms with Gasteiger partial charge in [0.15, 0.2) is 6.29 Å². The van der Waals surface area contributed by atoms with Gasteiger partial charge < -0.3 is 14.8 Å². The van der Waals surface area contributed by atoms with Crippen LogP contribution in [0.3, 0.4) is 0 Å². The molecule has 0 aliphatic carbocycles. The van der Waals surface area contributed by atoms with Gasteiger partial charge in [-0.15, -0.1) is 0 Å². The van der Waals surface area contributed by atoms with Gasteiger partial charge in [-0.3, -0.25) is 0 Å². The molecule has 2 aromatic carbocycles. The summed E-state index contributed by atoms with van der Waals surface area (Å²) in [4.78, 5) is 0. The van der Waals surface area contributed by atoms with Gasteiger partial charge in [-0.2, -0.15) is 26.3 Å². The number of hydrogen-bond donors (Lipinski definition) is 1. The van der Waals surface area contributed by atoms with Gasteiger partial charge in [-0.05, 0) is 36.2 Å². The summed E-state index contributed by atoms with van der Waals surface area (Å²) in [6, 6.07) is 10.1. The Morgan fingerprint density at radius 1 is 0.966 bits per heavy atom. The molecule has 0 unspecified atom stereocenters. The van der Waals surface area contributed by atoms with Gasteiger partial charge in [0.05, 0.1) is 30.4 Å². The molecule has 0 saturated carbocycles. The molecule has 0 amide bonds. The van der Waals surface area contributed by atoms with Crippen LogP contribution in [0.5, 0.6) is 0 Å². The lowest BCUT2D eigenvalue weighted by Gasteiger charge is -2.36. The predicted molar refractivity (Wildman–Crippen MR) is 92.8 cm³/mol. The molecule has 2 aromatic rings. The molecule has 3 nitrogen and oxygen atoms in total. The summed E-state index contributed by atoms with van der Waals surface area (Å²) >= 11 is 0. The molecule has 1 fully saturated rings. The molecule has 0 radical (unpaired) electrons. The topological polar surface area (TPSA) is 30.5 Å². The van der Waals surface area contributed by atoms with Gasteiger partial charge in [-0.1, -0.05) is 30.3 Å². The molecule has 9 heteroatoms. The van der Waals surface area contributed by atoms with Crippen LogP contribution in [0.25, 0.3) is 0 Å². The Balaban J connectivity index is 1.82. The van der Waals surface area contributed by atoms with E-state index in [1.165, 1.54) is 0 Å². The lowest BCUT2D eigenvalue weighted by molar-refractivity contribution is -0.192. The van der Waals surface area contributed by atoms with E-state index in [9.17, 15) is 26.3 Å². The molecule has 0 aromatic heterocycles. The second-order valence-electron chi connectivity index (χ2n) is 6.88. The monoisotopic (exact) mass is 419 g/mol. The van der Waals surface area contributed by atoms with Crippen LogP contribution in [0.4, 0.5) is 26.3 Å². The van der Waals surface area contributed by atoms with Crippen molar-refractivity contribution in [3.8, 4) is 0 Å². The normalized spacial score (nSPS) is 23.2. The number of halogens is 6. The average molecular weight is 419 g/mol. The molecule has 1 N–H and O–H groups in total. The zero-order valence-corrected chi connectivity index (χ0v) is 15.3. The number of hydrogen-bond acceptors (Lipinski definition) is 3. The molecular formula is C20H19F6NO2. The minimum Gasteiger partial charge on any atom is -0.349 e. The third-order valence-corrected chi connectivity index (χ3v) is 4.47. The van der Waals surface area contributed by atoms with E-state index in [1.807, 2.05) is 37.3 Å². The van der Waals surface area contributed by atoms with E-state index in [0.717, 1.165) is 5.56 Å². The van der Waals surface area contributed by atoms with Crippen molar-refractivity contribution in [3.63, 3.8) is 0 Å². The Morgan fingerprint density at radius 3 is 2.10 bits per heavy atom. The first-order chi connectivity index (χ1) is 13.5. The fourth-order valence-corrected chi connectivity index (χ4v) is 3.11. The van der Waals surface area contributed by atoms with Gasteiger partial charge in [0.1, 0.15) is 0 Å². The smallest absolute Gasteiger partial charge is 0.349 e. The maximum atomic E-state index is 13.0. The molecule has 0 bridgehead atoms. The van der Waals surface area contributed by atoms with E-state index in [0.29, 0.717) is 18.7 Å². The Morgan fingerprint density at radius 2 is 1.55 bits per heavy atom. The zero-order valence-electron chi connectivity index (χ0n) is 15.3. The summed E-state index contributed by atoms with van der Waals surface area (Å²) < 4.78 is 89.3. The maximum absolute atomic E-state index is 13.0. The lowest BCUT2D eigenvalue weighted by Crippen LogP contribution is -2.48. The first-order valence-electron chi connectivity index (χ1n) is 8.86. The fraction of sp³-hybridized carbons (Fsp3) is 0.400. The van der Waals surface area contributed by atoms with Crippen molar-refractivity contribution in [1.29, 1.82) is 0 Å². The molecule has 1 heterocycles. The van der Waals surface area contributed by atoms with E-state index >= 15 is 0 Å². The minimum absolute atomic E-state index is 0.00504. The third kappa shape index (κ3) is 5.49. The maximum Gasteiger partial charge on any atom is 0.416 e. The van der Waals surface area contributed by atoms with Crippen molar-refractivity contribution >= 4 is 0 Å². The third-order valence-electron chi connectivity index (χ3n) is 4.47. The fourth-order valence-electron chi connectivity index (χ4n) is 3.11. The van der Waals surface area contributed by atoms with Gasteiger partial charge in [0.25, 0.3) is 0 Å². The van der Waals surface area contributed by atoms with Crippen molar-refractivity contribution in [2.24, 2.45) is 0 Å². The largest absolute Gasteiger partial charge is 0.416 e. The average Bonchev–Trinajstić information content (AvgIpc) is 2.66. The number of alkyl halides is 6. The highest BCUT2D eigenvalue weighted by Gasteiger charge is 2.37. The van der Waals surface area contributed by atoms with Crippen molar-refractivity contribution in [3.05, 3.63) is 70.8 Å². The highest BCUT2D eigenvalue weighted by molar-refractivity contribution is 5.33. The SMILES string of the molecule is C[C@H]1CO[C@@H](OCc2cc(C(F)(F)F)cc(C(F)(F)F)c2)[C@H](c2ccccc2)N1. The van der Waals surface area contributed by atoms with Crippen LogP contribution in [0.15, 0.2) is 48.5 Å². The Hall–Kier alpha value is -2.10. The van der Waals surface area contributed by atoms with Crippen LogP contribution >= 0.6 is 0 Å². The van der Waals surface area contributed by atoms with Crippen LogP contribution in [0.2, 0.25) is 0 Å². The number of rotatable bonds is 4. The van der Waals surface area contributed by atoms with Crippen LogP contribution in [-0.2, 0) is 28.4 Å². The van der Waals surface area contributed by atoms with Gasteiger partial charge in [-0.25, -0.2) is 0 Å². The van der Waals surface area contributed by atoms with E-state index in [-0.39, 0.29) is 17.7 Å². The van der Waals surface area contributed by atoms with Crippen molar-refractivity contribution in [2.45, 2.75) is 44.3 Å². The van der Waals surface area contributed by atoms with Crippen LogP contribution in [0.1, 0.15) is 35.2 Å². The van der Waals surface area contributed by atoms with Gasteiger partial charge in [0, 0.05) is 6.04 Å². The first-order valence-corrected chi connectivity index (χ1v) is 8.86. The number of morpholine rings is 1. The van der Waals surface area contributed by atoms with Gasteiger partial charge in [0.2, 0.25) is 0 Å². The quantitative estimate of drug-likeness (QED) is 0.681. The summed E-state index contributed by atoms with van der Waals surface area (Å²) in [5.41, 5.74) is -2.14. The molecule has 0 spiro atoms. The number of ether oxygens (including phenoxy) is 2. The van der Waals surface area contributed by atoms with E-state index in [2.05, 4.69) is 5.32 Å². The summed E-state index contributed by atoms with van der Waals surface area (Å²) in [6.07, 6.45) is -10.7. The molecule has 158 valence electrons. The van der Waals surface area contributed by atoms with Crippen molar-refractivity contribution < 1.29 is 35.8 Å². The molecule has 1 saturated heterocycles. The Labute approximate surface area is 163 Å². The van der Waals surface area contributed by atoms with Crippen molar-refractivity contribution in [1.82, 2.24) is 5.32 Å². The minimum atomic E-state index is -4.90. The summed E-state index contributed by atoms with van der Waals surface area (Å²) in [5, 5.41) is 3.28. The summed E-state index contributed by atoms with van der Waals surface area (Å²) in [7, 11) is 0. The molecule has 3 rings (SSSR count).